The minimum Gasteiger partial charge on any atom is -0.406 e. The Balaban J connectivity index is 2.96. The predicted molar refractivity (Wildman–Crippen MR) is 52.2 cm³/mol. The summed E-state index contributed by atoms with van der Waals surface area (Å²) in [6, 6.07) is 2.20. The fraction of sp³-hybridized carbons (Fsp3) is 0.300. The number of rotatable bonds is 3. The lowest BCUT2D eigenvalue weighted by Gasteiger charge is -2.14. The van der Waals surface area contributed by atoms with Crippen molar-refractivity contribution in [3.05, 3.63) is 29.6 Å². The van der Waals surface area contributed by atoms with E-state index in [4.69, 9.17) is 0 Å². The van der Waals surface area contributed by atoms with Gasteiger partial charge in [0, 0.05) is 13.1 Å². The van der Waals surface area contributed by atoms with Gasteiger partial charge < -0.3 is 4.74 Å². The Kier molecular flexibility index (Phi) is 4.12. The lowest BCUT2D eigenvalue weighted by atomic mass is 10.2. The van der Waals surface area contributed by atoms with Gasteiger partial charge in [-0.25, -0.2) is 9.45 Å². The van der Waals surface area contributed by atoms with Gasteiger partial charge in [0.1, 0.15) is 11.6 Å². The van der Waals surface area contributed by atoms with Crippen molar-refractivity contribution in [2.24, 2.45) is 0 Å². The average molecular weight is 267 g/mol. The van der Waals surface area contributed by atoms with E-state index in [-0.39, 0.29) is 0 Å². The third kappa shape index (κ3) is 3.59. The van der Waals surface area contributed by atoms with E-state index in [2.05, 4.69) is 9.57 Å². The molecule has 0 N–H and O–H groups in total. The molecule has 0 fully saturated rings. The van der Waals surface area contributed by atoms with Crippen molar-refractivity contribution in [2.75, 3.05) is 14.2 Å². The van der Waals surface area contributed by atoms with E-state index >= 15 is 0 Å². The van der Waals surface area contributed by atoms with E-state index in [0.717, 1.165) is 17.2 Å². The summed E-state index contributed by atoms with van der Waals surface area (Å²) < 4.78 is 52.6. The zero-order chi connectivity index (χ0) is 13.9. The number of amides is 1. The minimum absolute atomic E-state index is 0.422. The van der Waals surface area contributed by atoms with Crippen LogP contribution in [0.15, 0.2) is 18.2 Å². The van der Waals surface area contributed by atoms with Gasteiger partial charge in [0.25, 0.3) is 5.91 Å². The molecule has 0 spiro atoms. The number of hydrogen-bond donors (Lipinski definition) is 0. The first-order chi connectivity index (χ1) is 8.24. The van der Waals surface area contributed by atoms with Crippen LogP contribution >= 0.6 is 0 Å². The van der Waals surface area contributed by atoms with Crippen molar-refractivity contribution >= 4 is 5.91 Å². The number of ether oxygens (including phenoxy) is 1. The molecule has 0 aromatic heterocycles. The number of halogens is 4. The van der Waals surface area contributed by atoms with Crippen molar-refractivity contribution in [1.82, 2.24) is 5.06 Å². The van der Waals surface area contributed by atoms with E-state index in [1.54, 1.807) is 0 Å². The molecule has 18 heavy (non-hydrogen) atoms. The maximum atomic E-state index is 13.4. The Morgan fingerprint density at radius 1 is 1.33 bits per heavy atom. The topological polar surface area (TPSA) is 38.8 Å². The van der Waals surface area contributed by atoms with Crippen molar-refractivity contribution in [3.63, 3.8) is 0 Å². The maximum Gasteiger partial charge on any atom is 0.573 e. The predicted octanol–water partition coefficient (Wildman–Crippen LogP) is 2.36. The molecule has 0 atom stereocenters. The Labute approximate surface area is 99.7 Å². The lowest BCUT2D eigenvalue weighted by Crippen LogP contribution is -2.26. The molecule has 1 rings (SSSR count). The highest BCUT2D eigenvalue weighted by Crippen LogP contribution is 2.24. The second-order valence-electron chi connectivity index (χ2n) is 3.17. The summed E-state index contributed by atoms with van der Waals surface area (Å²) in [6.07, 6.45) is -4.92. The van der Waals surface area contributed by atoms with Crippen LogP contribution in [0.1, 0.15) is 10.4 Å². The molecular formula is C10H9F4NO3. The molecule has 0 bridgehead atoms. The first kappa shape index (κ1) is 14.2. The van der Waals surface area contributed by atoms with Crippen LogP contribution in [0.4, 0.5) is 17.6 Å². The number of benzene rings is 1. The summed E-state index contributed by atoms with van der Waals surface area (Å²) in [7, 11) is 2.43. The number of hydroxylamine groups is 2. The number of hydrogen-bond acceptors (Lipinski definition) is 3. The van der Waals surface area contributed by atoms with Crippen LogP contribution < -0.4 is 4.74 Å². The Bertz CT molecular complexity index is 447. The number of carbonyl (C=O) groups excluding carboxylic acids is 1. The van der Waals surface area contributed by atoms with Gasteiger partial charge in [0.05, 0.1) is 12.7 Å². The van der Waals surface area contributed by atoms with E-state index in [1.807, 2.05) is 0 Å². The molecule has 1 amide bonds. The van der Waals surface area contributed by atoms with E-state index < -0.39 is 29.4 Å². The summed E-state index contributed by atoms with van der Waals surface area (Å²) >= 11 is 0. The first-order valence-corrected chi connectivity index (χ1v) is 4.62. The SMILES string of the molecule is CON(C)C(=O)c1ccc(OC(F)(F)F)cc1F. The summed E-state index contributed by atoms with van der Waals surface area (Å²) in [6.45, 7) is 0. The molecule has 100 valence electrons. The highest BCUT2D eigenvalue weighted by molar-refractivity contribution is 5.93. The molecule has 0 aliphatic heterocycles. The Morgan fingerprint density at radius 2 is 1.94 bits per heavy atom. The largest absolute Gasteiger partial charge is 0.573 e. The molecule has 0 heterocycles. The van der Waals surface area contributed by atoms with Crippen LogP contribution in [-0.4, -0.2) is 31.5 Å². The van der Waals surface area contributed by atoms with Crippen LogP contribution in [0.3, 0.4) is 0 Å². The molecule has 0 saturated heterocycles. The minimum atomic E-state index is -4.92. The summed E-state index contributed by atoms with van der Waals surface area (Å²) in [5.74, 6) is -2.70. The van der Waals surface area contributed by atoms with E-state index in [9.17, 15) is 22.4 Å². The molecule has 1 aromatic rings. The second kappa shape index (κ2) is 5.21. The van der Waals surface area contributed by atoms with E-state index in [1.165, 1.54) is 14.2 Å². The van der Waals surface area contributed by atoms with Gasteiger partial charge in [-0.3, -0.25) is 9.63 Å². The molecular weight excluding hydrogens is 258 g/mol. The van der Waals surface area contributed by atoms with Gasteiger partial charge in [0.2, 0.25) is 0 Å². The average Bonchev–Trinajstić information content (AvgIpc) is 2.25. The Hall–Kier alpha value is -1.83. The van der Waals surface area contributed by atoms with Gasteiger partial charge in [-0.2, -0.15) is 0 Å². The third-order valence-corrected chi connectivity index (χ3v) is 1.96. The van der Waals surface area contributed by atoms with Crippen molar-refractivity contribution in [1.29, 1.82) is 0 Å². The van der Waals surface area contributed by atoms with Crippen LogP contribution in [-0.2, 0) is 4.84 Å². The van der Waals surface area contributed by atoms with Crippen LogP contribution in [0.2, 0.25) is 0 Å². The fourth-order valence-corrected chi connectivity index (χ4v) is 1.12. The smallest absolute Gasteiger partial charge is 0.406 e. The molecule has 8 heteroatoms. The first-order valence-electron chi connectivity index (χ1n) is 4.62. The normalized spacial score (nSPS) is 11.2. The van der Waals surface area contributed by atoms with Crippen molar-refractivity contribution in [3.8, 4) is 5.75 Å². The zero-order valence-electron chi connectivity index (χ0n) is 9.42. The molecule has 0 radical (unpaired) electrons. The summed E-state index contributed by atoms with van der Waals surface area (Å²) in [4.78, 5) is 16.0. The molecule has 0 saturated carbocycles. The quantitative estimate of drug-likeness (QED) is 0.623. The highest BCUT2D eigenvalue weighted by atomic mass is 19.4. The van der Waals surface area contributed by atoms with Gasteiger partial charge >= 0.3 is 6.36 Å². The fourth-order valence-electron chi connectivity index (χ4n) is 1.12. The summed E-state index contributed by atoms with van der Waals surface area (Å²) in [5, 5.41) is 0.739. The third-order valence-electron chi connectivity index (χ3n) is 1.96. The number of nitrogens with zero attached hydrogens (tertiary/aromatic N) is 1. The van der Waals surface area contributed by atoms with Gasteiger partial charge in [-0.15, -0.1) is 13.2 Å². The molecule has 1 aromatic carbocycles. The maximum absolute atomic E-state index is 13.4. The van der Waals surface area contributed by atoms with E-state index in [0.29, 0.717) is 6.07 Å². The van der Waals surface area contributed by atoms with Gasteiger partial charge in [-0.1, -0.05) is 0 Å². The van der Waals surface area contributed by atoms with Gasteiger partial charge in [-0.05, 0) is 12.1 Å². The Morgan fingerprint density at radius 3 is 2.39 bits per heavy atom. The molecule has 4 nitrogen and oxygen atoms in total. The zero-order valence-corrected chi connectivity index (χ0v) is 9.42. The lowest BCUT2D eigenvalue weighted by molar-refractivity contribution is -0.274. The second-order valence-corrected chi connectivity index (χ2v) is 3.17. The number of carbonyl (C=O) groups is 1. The van der Waals surface area contributed by atoms with Crippen LogP contribution in [0.5, 0.6) is 5.75 Å². The molecule has 0 aliphatic rings. The number of alkyl halides is 3. The standard InChI is InChI=1S/C10H9F4NO3/c1-15(17-2)9(16)7-4-3-6(5-8(7)11)18-10(12,13)14/h3-5H,1-2H3. The molecule has 0 aliphatic carbocycles. The van der Waals surface area contributed by atoms with Crippen molar-refractivity contribution in [2.45, 2.75) is 6.36 Å². The van der Waals surface area contributed by atoms with Crippen LogP contribution in [0, 0.1) is 5.82 Å². The summed E-state index contributed by atoms with van der Waals surface area (Å²) in [5.41, 5.74) is -0.422. The monoisotopic (exact) mass is 267 g/mol. The highest BCUT2D eigenvalue weighted by Gasteiger charge is 2.31. The molecule has 0 unspecified atom stereocenters. The van der Waals surface area contributed by atoms with Crippen molar-refractivity contribution < 1.29 is 31.9 Å². The van der Waals surface area contributed by atoms with Gasteiger partial charge in [0.15, 0.2) is 0 Å². The van der Waals surface area contributed by atoms with Crippen LogP contribution in [0.25, 0.3) is 0 Å².